The fourth-order valence-electron chi connectivity index (χ4n) is 4.68. The second kappa shape index (κ2) is 13.8. The van der Waals surface area contributed by atoms with E-state index in [1.165, 1.54) is 11.9 Å². The summed E-state index contributed by atoms with van der Waals surface area (Å²) in [5.41, 5.74) is -0.255. The van der Waals surface area contributed by atoms with E-state index in [1.807, 2.05) is 78.8 Å². The number of amides is 3. The molecule has 1 aromatic rings. The average Bonchev–Trinajstić information content (AvgIpc) is 2.84. The van der Waals surface area contributed by atoms with Crippen LogP contribution >= 0.6 is 0 Å². The van der Waals surface area contributed by atoms with Gasteiger partial charge in [0.1, 0.15) is 12.1 Å². The topological polar surface area (TPSA) is 96.0 Å². The van der Waals surface area contributed by atoms with Crippen LogP contribution in [0.4, 0.5) is 4.79 Å². The van der Waals surface area contributed by atoms with Gasteiger partial charge in [-0.2, -0.15) is 0 Å². The van der Waals surface area contributed by atoms with E-state index in [1.54, 1.807) is 31.9 Å². The van der Waals surface area contributed by atoms with Crippen molar-refractivity contribution in [1.29, 1.82) is 0 Å². The standard InChI is InChI=1S/C30H46BN3O5/c1-12-39-27(37)20(4)18-22(19(2)3)33(10)26(36)23(29(5,6)7)32-25(35)24(34(11)28(31)38)30(8,9)21-16-14-13-15-17-21/h13-19,22-24H,12H2,1-11H3,(H,32,35)/b20-18+/t22-,23-,24-/m1/s1. The van der Waals surface area contributed by atoms with Gasteiger partial charge in [0.05, 0.1) is 12.6 Å². The molecule has 0 fully saturated rings. The van der Waals surface area contributed by atoms with E-state index in [0.29, 0.717) is 5.57 Å². The lowest BCUT2D eigenvalue weighted by molar-refractivity contribution is -0.141. The number of nitrogens with zero attached hydrogens (tertiary/aromatic N) is 2. The molecule has 39 heavy (non-hydrogen) atoms. The van der Waals surface area contributed by atoms with Gasteiger partial charge in [0.2, 0.25) is 19.7 Å². The number of carbonyl (C=O) groups is 4. The third-order valence-corrected chi connectivity index (χ3v) is 7.08. The Hall–Kier alpha value is -3.10. The van der Waals surface area contributed by atoms with Gasteiger partial charge >= 0.3 is 5.97 Å². The Labute approximate surface area is 235 Å². The van der Waals surface area contributed by atoms with Crippen molar-refractivity contribution in [3.63, 3.8) is 0 Å². The highest BCUT2D eigenvalue weighted by Crippen LogP contribution is 2.31. The van der Waals surface area contributed by atoms with E-state index in [4.69, 9.17) is 12.6 Å². The van der Waals surface area contributed by atoms with E-state index in [9.17, 15) is 19.2 Å². The van der Waals surface area contributed by atoms with Gasteiger partial charge in [-0.15, -0.1) is 0 Å². The van der Waals surface area contributed by atoms with Gasteiger partial charge < -0.3 is 19.9 Å². The van der Waals surface area contributed by atoms with E-state index < -0.39 is 46.6 Å². The summed E-state index contributed by atoms with van der Waals surface area (Å²) in [6.45, 7) is 16.9. The zero-order valence-electron chi connectivity index (χ0n) is 25.5. The lowest BCUT2D eigenvalue weighted by Gasteiger charge is -2.42. The van der Waals surface area contributed by atoms with Gasteiger partial charge in [0, 0.05) is 25.1 Å². The van der Waals surface area contributed by atoms with Crippen LogP contribution in [-0.2, 0) is 24.5 Å². The van der Waals surface area contributed by atoms with E-state index in [0.717, 1.165) is 5.56 Å². The van der Waals surface area contributed by atoms with Crippen molar-refractivity contribution in [2.75, 3.05) is 20.7 Å². The number of rotatable bonds is 11. The summed E-state index contributed by atoms with van der Waals surface area (Å²) in [5.74, 6) is -2.03. The summed E-state index contributed by atoms with van der Waals surface area (Å²) >= 11 is 0. The molecule has 0 aliphatic carbocycles. The zero-order valence-corrected chi connectivity index (χ0v) is 25.5. The molecule has 1 N–H and O–H groups in total. The molecule has 1 rings (SSSR count). The van der Waals surface area contributed by atoms with Crippen molar-refractivity contribution in [2.45, 2.75) is 85.9 Å². The lowest BCUT2D eigenvalue weighted by Crippen LogP contribution is -2.62. The van der Waals surface area contributed by atoms with Crippen LogP contribution in [0.1, 0.15) is 67.9 Å². The third kappa shape index (κ3) is 8.70. The number of benzene rings is 1. The summed E-state index contributed by atoms with van der Waals surface area (Å²) in [6.07, 6.45) is 1.73. The summed E-state index contributed by atoms with van der Waals surface area (Å²) in [6, 6.07) is 7.04. The fourth-order valence-corrected chi connectivity index (χ4v) is 4.68. The van der Waals surface area contributed by atoms with Crippen LogP contribution in [0.5, 0.6) is 0 Å². The number of hydrogen-bond donors (Lipinski definition) is 1. The van der Waals surface area contributed by atoms with Crippen LogP contribution < -0.4 is 5.32 Å². The SMILES string of the molecule is [B]C(=O)N(C)[C@H](C(=O)N[C@H](C(=O)N(C)[C@H](/C=C(\C)C(=O)OCC)C(C)C)C(C)(C)C)C(C)(C)c1ccccc1. The molecule has 0 bridgehead atoms. The fraction of sp³-hybridized carbons (Fsp3) is 0.600. The molecule has 2 radical (unpaired) electrons. The Morgan fingerprint density at radius 3 is 1.97 bits per heavy atom. The predicted molar refractivity (Wildman–Crippen MR) is 155 cm³/mol. The maximum absolute atomic E-state index is 14.0. The Morgan fingerprint density at radius 2 is 1.54 bits per heavy atom. The second-order valence-electron chi connectivity index (χ2n) is 12.0. The lowest BCUT2D eigenvalue weighted by atomic mass is 9.75. The minimum atomic E-state index is -0.993. The van der Waals surface area contributed by atoms with E-state index in [2.05, 4.69) is 5.32 Å². The van der Waals surface area contributed by atoms with Gasteiger partial charge in [-0.25, -0.2) is 4.79 Å². The molecule has 0 aliphatic heterocycles. The number of carbonyl (C=O) groups excluding carboxylic acids is 4. The minimum Gasteiger partial charge on any atom is -0.463 e. The van der Waals surface area contributed by atoms with Crippen molar-refractivity contribution < 1.29 is 23.9 Å². The molecule has 0 heterocycles. The molecule has 0 saturated carbocycles. The molecule has 214 valence electrons. The third-order valence-electron chi connectivity index (χ3n) is 7.08. The molecule has 3 atom stereocenters. The van der Waals surface area contributed by atoms with Crippen LogP contribution in [-0.4, -0.2) is 80.1 Å². The van der Waals surface area contributed by atoms with Crippen LogP contribution in [0.3, 0.4) is 0 Å². The smallest absolute Gasteiger partial charge is 0.333 e. The number of nitrogens with one attached hydrogen (secondary N) is 1. The molecular weight excluding hydrogens is 493 g/mol. The molecule has 0 aliphatic rings. The van der Waals surface area contributed by atoms with Crippen molar-refractivity contribution in [3.8, 4) is 0 Å². The number of hydrogen-bond acceptors (Lipinski definition) is 5. The number of esters is 1. The summed E-state index contributed by atoms with van der Waals surface area (Å²) in [5, 5.41) is 2.95. The Bertz CT molecular complexity index is 1050. The van der Waals surface area contributed by atoms with Gasteiger partial charge in [-0.1, -0.05) is 84.9 Å². The van der Waals surface area contributed by atoms with Crippen molar-refractivity contribution >= 4 is 31.4 Å². The van der Waals surface area contributed by atoms with Crippen LogP contribution in [0, 0.1) is 11.3 Å². The van der Waals surface area contributed by atoms with Gasteiger partial charge in [0.25, 0.3) is 0 Å². The first-order valence-corrected chi connectivity index (χ1v) is 13.4. The highest BCUT2D eigenvalue weighted by atomic mass is 16.5. The zero-order chi connectivity index (χ0) is 30.3. The maximum Gasteiger partial charge on any atom is 0.333 e. The summed E-state index contributed by atoms with van der Waals surface area (Å²) in [4.78, 5) is 55.2. The first-order chi connectivity index (χ1) is 17.9. The van der Waals surface area contributed by atoms with Crippen molar-refractivity contribution in [3.05, 3.63) is 47.5 Å². The monoisotopic (exact) mass is 539 g/mol. The summed E-state index contributed by atoms with van der Waals surface area (Å²) < 4.78 is 5.11. The highest BCUT2D eigenvalue weighted by Gasteiger charge is 2.44. The number of ether oxygens (including phenoxy) is 1. The second-order valence-corrected chi connectivity index (χ2v) is 12.0. The van der Waals surface area contributed by atoms with Gasteiger partial charge in [0.15, 0.2) is 5.81 Å². The molecule has 0 spiro atoms. The molecule has 9 heteroatoms. The van der Waals surface area contributed by atoms with E-state index >= 15 is 0 Å². The normalized spacial score (nSPS) is 14.7. The average molecular weight is 540 g/mol. The molecule has 3 amide bonds. The van der Waals surface area contributed by atoms with Gasteiger partial charge in [-0.05, 0) is 30.7 Å². The Morgan fingerprint density at radius 1 is 1.00 bits per heavy atom. The van der Waals surface area contributed by atoms with Crippen LogP contribution in [0.25, 0.3) is 0 Å². The number of likely N-dealkylation sites (N-methyl/N-ethyl adjacent to an activating group) is 2. The minimum absolute atomic E-state index is 0.0228. The summed E-state index contributed by atoms with van der Waals surface area (Å²) in [7, 11) is 8.77. The van der Waals surface area contributed by atoms with Crippen molar-refractivity contribution in [2.24, 2.45) is 11.3 Å². The largest absolute Gasteiger partial charge is 0.463 e. The highest BCUT2D eigenvalue weighted by molar-refractivity contribution is 6.57. The molecule has 1 aromatic carbocycles. The molecule has 0 unspecified atom stereocenters. The first kappa shape index (κ1) is 33.9. The Kier molecular flexibility index (Phi) is 12.0. The molecule has 0 aromatic heterocycles. The first-order valence-electron chi connectivity index (χ1n) is 13.4. The quantitative estimate of drug-likeness (QED) is 0.260. The molecule has 8 nitrogen and oxygen atoms in total. The van der Waals surface area contributed by atoms with Crippen molar-refractivity contribution in [1.82, 2.24) is 15.1 Å². The van der Waals surface area contributed by atoms with Gasteiger partial charge in [-0.3, -0.25) is 14.4 Å². The predicted octanol–water partition coefficient (Wildman–Crippen LogP) is 4.08. The van der Waals surface area contributed by atoms with Crippen LogP contribution in [0.15, 0.2) is 42.0 Å². The Balaban J connectivity index is 3.47. The molecule has 0 saturated heterocycles. The van der Waals surface area contributed by atoms with E-state index in [-0.39, 0.29) is 18.4 Å². The maximum atomic E-state index is 14.0. The molecular formula is C30H46BN3O5. The van der Waals surface area contributed by atoms with Crippen LogP contribution in [0.2, 0.25) is 0 Å².